The lowest BCUT2D eigenvalue weighted by atomic mass is 10.1. The summed E-state index contributed by atoms with van der Waals surface area (Å²) in [7, 11) is 1.87. The number of fused-ring (bicyclic) bond motifs is 1. The van der Waals surface area contributed by atoms with Crippen LogP contribution in [-0.4, -0.2) is 31.8 Å². The molecule has 0 spiro atoms. The van der Waals surface area contributed by atoms with Gasteiger partial charge < -0.3 is 5.32 Å². The van der Waals surface area contributed by atoms with Crippen molar-refractivity contribution in [2.75, 3.05) is 12.4 Å². The molecule has 0 aliphatic carbocycles. The molecule has 0 aliphatic heterocycles. The van der Waals surface area contributed by atoms with E-state index in [-0.39, 0.29) is 0 Å². The van der Waals surface area contributed by atoms with Crippen molar-refractivity contribution >= 4 is 28.9 Å². The van der Waals surface area contributed by atoms with Gasteiger partial charge in [-0.15, -0.1) is 0 Å². The van der Waals surface area contributed by atoms with Crippen LogP contribution in [0.4, 0.5) is 5.82 Å². The Morgan fingerprint density at radius 3 is 2.81 bits per heavy atom. The molecule has 0 saturated carbocycles. The molecule has 6 nitrogen and oxygen atoms in total. The van der Waals surface area contributed by atoms with Crippen molar-refractivity contribution in [2.45, 2.75) is 13.5 Å². The highest BCUT2D eigenvalue weighted by atomic mass is 15.3. The summed E-state index contributed by atoms with van der Waals surface area (Å²) in [4.78, 5) is 13.0. The van der Waals surface area contributed by atoms with Crippen LogP contribution in [0.3, 0.4) is 0 Å². The van der Waals surface area contributed by atoms with Gasteiger partial charge in [0.05, 0.1) is 28.8 Å². The maximum atomic E-state index is 4.74. The van der Waals surface area contributed by atoms with Crippen LogP contribution < -0.4 is 5.32 Å². The van der Waals surface area contributed by atoms with Crippen LogP contribution in [0, 0.1) is 0 Å². The largest absolute Gasteiger partial charge is 0.373 e. The van der Waals surface area contributed by atoms with Crippen LogP contribution in [-0.2, 0) is 6.54 Å². The number of hydrogen-bond donors (Lipinski definition) is 1. The Kier molecular flexibility index (Phi) is 4.61. The van der Waals surface area contributed by atoms with Crippen molar-refractivity contribution in [3.63, 3.8) is 0 Å². The van der Waals surface area contributed by atoms with Crippen molar-refractivity contribution in [1.82, 2.24) is 24.7 Å². The fourth-order valence-corrected chi connectivity index (χ4v) is 3.02. The fraction of sp³-hybridized carbons (Fsp3) is 0.143. The van der Waals surface area contributed by atoms with E-state index < -0.39 is 0 Å². The van der Waals surface area contributed by atoms with Gasteiger partial charge in [-0.05, 0) is 43.3 Å². The molecular formula is C21H20N6. The van der Waals surface area contributed by atoms with Crippen molar-refractivity contribution in [3.05, 3.63) is 66.4 Å². The number of pyridine rings is 1. The molecule has 6 heteroatoms. The van der Waals surface area contributed by atoms with E-state index in [2.05, 4.69) is 45.4 Å². The van der Waals surface area contributed by atoms with E-state index in [1.165, 1.54) is 0 Å². The van der Waals surface area contributed by atoms with E-state index in [1.54, 1.807) is 18.6 Å². The molecule has 134 valence electrons. The zero-order valence-electron chi connectivity index (χ0n) is 15.3. The number of aromatic nitrogens is 5. The summed E-state index contributed by atoms with van der Waals surface area (Å²) < 4.78 is 2.01. The summed E-state index contributed by atoms with van der Waals surface area (Å²) in [5.74, 6) is 0.847. The molecule has 3 aromatic heterocycles. The molecule has 1 N–H and O–H groups in total. The molecule has 27 heavy (non-hydrogen) atoms. The van der Waals surface area contributed by atoms with Gasteiger partial charge in [0.25, 0.3) is 0 Å². The van der Waals surface area contributed by atoms with Gasteiger partial charge in [0.1, 0.15) is 5.82 Å². The minimum Gasteiger partial charge on any atom is -0.373 e. The smallest absolute Gasteiger partial charge is 0.126 e. The molecule has 0 unspecified atom stereocenters. The number of hydrogen-bond acceptors (Lipinski definition) is 5. The Labute approximate surface area is 157 Å². The third-order valence-electron chi connectivity index (χ3n) is 4.37. The summed E-state index contributed by atoms with van der Waals surface area (Å²) in [6, 6.07) is 12.3. The van der Waals surface area contributed by atoms with E-state index in [1.807, 2.05) is 42.1 Å². The first-order valence-corrected chi connectivity index (χ1v) is 8.88. The summed E-state index contributed by atoms with van der Waals surface area (Å²) in [5.41, 5.74) is 4.80. The Hall–Kier alpha value is -3.54. The number of nitrogens with one attached hydrogen (secondary N) is 1. The van der Waals surface area contributed by atoms with Gasteiger partial charge in [-0.2, -0.15) is 5.10 Å². The maximum Gasteiger partial charge on any atom is 0.126 e. The molecule has 0 fully saturated rings. The van der Waals surface area contributed by atoms with Crippen molar-refractivity contribution in [3.8, 4) is 11.3 Å². The minimum absolute atomic E-state index is 0.802. The molecule has 1 aromatic carbocycles. The summed E-state index contributed by atoms with van der Waals surface area (Å²) in [6.45, 7) is 2.90. The molecule has 0 saturated heterocycles. The van der Waals surface area contributed by atoms with Crippen LogP contribution in [0.2, 0.25) is 0 Å². The van der Waals surface area contributed by atoms with E-state index in [0.717, 1.165) is 45.9 Å². The van der Waals surface area contributed by atoms with Crippen molar-refractivity contribution in [2.24, 2.45) is 0 Å². The average Bonchev–Trinajstić information content (AvgIpc) is 3.10. The highest BCUT2D eigenvalue weighted by molar-refractivity contribution is 5.92. The van der Waals surface area contributed by atoms with E-state index in [9.17, 15) is 0 Å². The SMILES string of the molecule is CCn1nc(C=Cc2cnccn2)c2cc(-c3cccc(NC)n3)ccc21. The van der Waals surface area contributed by atoms with Crippen LogP contribution in [0.1, 0.15) is 18.3 Å². The maximum absolute atomic E-state index is 4.74. The second-order valence-electron chi connectivity index (χ2n) is 6.05. The average molecular weight is 356 g/mol. The van der Waals surface area contributed by atoms with Gasteiger partial charge in [0.2, 0.25) is 0 Å². The highest BCUT2D eigenvalue weighted by Gasteiger charge is 2.10. The van der Waals surface area contributed by atoms with Crippen LogP contribution >= 0.6 is 0 Å². The van der Waals surface area contributed by atoms with Crippen LogP contribution in [0.25, 0.3) is 34.3 Å². The number of rotatable bonds is 5. The molecular weight excluding hydrogens is 336 g/mol. The van der Waals surface area contributed by atoms with Crippen molar-refractivity contribution < 1.29 is 0 Å². The van der Waals surface area contributed by atoms with E-state index >= 15 is 0 Å². The Morgan fingerprint density at radius 1 is 1.11 bits per heavy atom. The number of anilines is 1. The van der Waals surface area contributed by atoms with Gasteiger partial charge in [-0.3, -0.25) is 14.6 Å². The van der Waals surface area contributed by atoms with Gasteiger partial charge in [-0.25, -0.2) is 4.98 Å². The zero-order valence-corrected chi connectivity index (χ0v) is 15.3. The zero-order chi connectivity index (χ0) is 18.6. The first kappa shape index (κ1) is 16.9. The van der Waals surface area contributed by atoms with E-state index in [0.29, 0.717) is 0 Å². The lowest BCUT2D eigenvalue weighted by Gasteiger charge is -2.05. The third-order valence-corrected chi connectivity index (χ3v) is 4.37. The number of benzene rings is 1. The van der Waals surface area contributed by atoms with Gasteiger partial charge >= 0.3 is 0 Å². The fourth-order valence-electron chi connectivity index (χ4n) is 3.02. The lowest BCUT2D eigenvalue weighted by Crippen LogP contribution is -1.96. The van der Waals surface area contributed by atoms with Crippen LogP contribution in [0.5, 0.6) is 0 Å². The Morgan fingerprint density at radius 2 is 2.04 bits per heavy atom. The molecule has 0 radical (unpaired) electrons. The van der Waals surface area contributed by atoms with Crippen LogP contribution in [0.15, 0.2) is 55.0 Å². The van der Waals surface area contributed by atoms with Crippen molar-refractivity contribution in [1.29, 1.82) is 0 Å². The third kappa shape index (κ3) is 3.42. The number of aryl methyl sites for hydroxylation is 1. The molecule has 4 aromatic rings. The second kappa shape index (κ2) is 7.37. The van der Waals surface area contributed by atoms with Gasteiger partial charge in [-0.1, -0.05) is 12.1 Å². The summed E-state index contributed by atoms with van der Waals surface area (Å²) in [6.07, 6.45) is 8.99. The highest BCUT2D eigenvalue weighted by Crippen LogP contribution is 2.27. The normalized spacial score (nSPS) is 11.3. The second-order valence-corrected chi connectivity index (χ2v) is 6.05. The van der Waals surface area contributed by atoms with Gasteiger partial charge in [0.15, 0.2) is 0 Å². The summed E-state index contributed by atoms with van der Waals surface area (Å²) in [5, 5.41) is 8.92. The predicted octanol–water partition coefficient (Wildman–Crippen LogP) is 4.12. The Balaban J connectivity index is 1.80. The quantitative estimate of drug-likeness (QED) is 0.582. The van der Waals surface area contributed by atoms with E-state index in [4.69, 9.17) is 5.10 Å². The summed E-state index contributed by atoms with van der Waals surface area (Å²) >= 11 is 0. The molecule has 0 atom stereocenters. The molecule has 0 amide bonds. The topological polar surface area (TPSA) is 68.5 Å². The standard InChI is InChI=1S/C21H20N6/c1-3-27-20-10-7-15(18-5-4-6-21(22-2)25-18)13-17(20)19(26-27)9-8-16-14-23-11-12-24-16/h4-14H,3H2,1-2H3,(H,22,25). The first-order valence-electron chi connectivity index (χ1n) is 8.88. The monoisotopic (exact) mass is 356 g/mol. The number of nitrogens with zero attached hydrogens (tertiary/aromatic N) is 5. The minimum atomic E-state index is 0.802. The van der Waals surface area contributed by atoms with Gasteiger partial charge in [0, 0.05) is 36.9 Å². The molecule has 3 heterocycles. The predicted molar refractivity (Wildman–Crippen MR) is 109 cm³/mol. The lowest BCUT2D eigenvalue weighted by molar-refractivity contribution is 0.682. The molecule has 0 bridgehead atoms. The molecule has 0 aliphatic rings. The first-order chi connectivity index (χ1) is 13.3. The molecule has 4 rings (SSSR count). The Bertz CT molecular complexity index is 1100.